The Bertz CT molecular complexity index is 761. The molecule has 6 nitrogen and oxygen atoms in total. The molecular formula is C20H25N3O3. The summed E-state index contributed by atoms with van der Waals surface area (Å²) in [6.45, 7) is 5.44. The maximum atomic E-state index is 6.12. The van der Waals surface area contributed by atoms with Crippen molar-refractivity contribution in [3.05, 3.63) is 47.9 Å². The second-order valence-corrected chi connectivity index (χ2v) is 7.26. The van der Waals surface area contributed by atoms with Gasteiger partial charge in [0, 0.05) is 38.7 Å². The second kappa shape index (κ2) is 7.21. The normalized spacial score (nSPS) is 22.0. The molecule has 2 aliphatic heterocycles. The van der Waals surface area contributed by atoms with Crippen LogP contribution in [0.4, 0.5) is 0 Å². The van der Waals surface area contributed by atoms with Gasteiger partial charge in [-0.2, -0.15) is 0 Å². The minimum absolute atomic E-state index is 0.0843. The number of nitrogens with zero attached hydrogens (tertiary/aromatic N) is 3. The molecule has 1 aromatic heterocycles. The predicted octanol–water partition coefficient (Wildman–Crippen LogP) is 2.61. The minimum atomic E-state index is -0.0843. The summed E-state index contributed by atoms with van der Waals surface area (Å²) in [4.78, 5) is 11.0. The van der Waals surface area contributed by atoms with Crippen LogP contribution in [0.3, 0.4) is 0 Å². The molecule has 26 heavy (non-hydrogen) atoms. The molecule has 1 spiro atoms. The number of likely N-dealkylation sites (tertiary alicyclic amines) is 1. The largest absolute Gasteiger partial charge is 0.497 e. The van der Waals surface area contributed by atoms with Crippen molar-refractivity contribution in [2.45, 2.75) is 38.0 Å². The Balaban J connectivity index is 1.32. The van der Waals surface area contributed by atoms with Gasteiger partial charge in [0.2, 0.25) is 5.88 Å². The summed E-state index contributed by atoms with van der Waals surface area (Å²) in [5.74, 6) is 1.51. The van der Waals surface area contributed by atoms with E-state index >= 15 is 0 Å². The standard InChI is InChI=1S/C20H25N3O3/c1-15-10-21-11-19(22-15)26-18-6-7-25-20(9-18)13-23(14-20)12-16-4-3-5-17(8-16)24-2/h3-5,8,10-11,18H,6-7,9,12-14H2,1-2H3/t18-/m1/s1. The lowest BCUT2D eigenvalue weighted by molar-refractivity contribution is -0.188. The summed E-state index contributed by atoms with van der Waals surface area (Å²) < 4.78 is 17.5. The molecular weight excluding hydrogens is 330 g/mol. The van der Waals surface area contributed by atoms with Gasteiger partial charge in [-0.3, -0.25) is 9.88 Å². The zero-order valence-electron chi connectivity index (χ0n) is 15.4. The first-order chi connectivity index (χ1) is 12.6. The van der Waals surface area contributed by atoms with Gasteiger partial charge >= 0.3 is 0 Å². The number of benzene rings is 1. The number of aromatic nitrogens is 2. The molecule has 0 bridgehead atoms. The van der Waals surface area contributed by atoms with Crippen LogP contribution in [0.15, 0.2) is 36.7 Å². The molecule has 0 unspecified atom stereocenters. The highest BCUT2D eigenvalue weighted by atomic mass is 16.5. The maximum absolute atomic E-state index is 6.12. The second-order valence-electron chi connectivity index (χ2n) is 7.26. The van der Waals surface area contributed by atoms with E-state index in [1.807, 2.05) is 19.1 Å². The van der Waals surface area contributed by atoms with E-state index in [1.54, 1.807) is 19.5 Å². The number of methoxy groups -OCH3 is 1. The summed E-state index contributed by atoms with van der Waals surface area (Å²) in [6.07, 6.45) is 5.36. The third-order valence-corrected chi connectivity index (χ3v) is 5.03. The Morgan fingerprint density at radius 3 is 3.00 bits per heavy atom. The van der Waals surface area contributed by atoms with Crippen LogP contribution in [0.5, 0.6) is 11.6 Å². The molecule has 138 valence electrons. The van der Waals surface area contributed by atoms with Crippen molar-refractivity contribution in [3.8, 4) is 11.6 Å². The predicted molar refractivity (Wildman–Crippen MR) is 97.4 cm³/mol. The highest BCUT2D eigenvalue weighted by molar-refractivity contribution is 5.28. The van der Waals surface area contributed by atoms with Crippen molar-refractivity contribution >= 4 is 0 Å². The van der Waals surface area contributed by atoms with E-state index < -0.39 is 0 Å². The lowest BCUT2D eigenvalue weighted by Gasteiger charge is -2.53. The number of aryl methyl sites for hydroxylation is 1. The van der Waals surface area contributed by atoms with Gasteiger partial charge in [0.1, 0.15) is 11.9 Å². The third kappa shape index (κ3) is 3.81. The van der Waals surface area contributed by atoms with Gasteiger partial charge in [0.05, 0.1) is 31.2 Å². The number of ether oxygens (including phenoxy) is 3. The molecule has 2 aromatic rings. The van der Waals surface area contributed by atoms with E-state index in [-0.39, 0.29) is 11.7 Å². The van der Waals surface area contributed by atoms with Crippen LogP contribution in [-0.2, 0) is 11.3 Å². The Morgan fingerprint density at radius 1 is 1.31 bits per heavy atom. The first-order valence-corrected chi connectivity index (χ1v) is 9.09. The zero-order valence-corrected chi connectivity index (χ0v) is 15.4. The van der Waals surface area contributed by atoms with Gasteiger partial charge in [-0.25, -0.2) is 4.98 Å². The van der Waals surface area contributed by atoms with Gasteiger partial charge in [0.25, 0.3) is 0 Å². The molecule has 0 saturated carbocycles. The van der Waals surface area contributed by atoms with Gasteiger partial charge < -0.3 is 14.2 Å². The van der Waals surface area contributed by atoms with Crippen LogP contribution in [-0.4, -0.2) is 53.4 Å². The molecule has 2 aliphatic rings. The summed E-state index contributed by atoms with van der Waals surface area (Å²) >= 11 is 0. The Hall–Kier alpha value is -2.18. The monoisotopic (exact) mass is 355 g/mol. The van der Waals surface area contributed by atoms with Crippen molar-refractivity contribution in [2.75, 3.05) is 26.8 Å². The maximum Gasteiger partial charge on any atom is 0.232 e. The summed E-state index contributed by atoms with van der Waals surface area (Å²) in [7, 11) is 1.70. The minimum Gasteiger partial charge on any atom is -0.497 e. The lowest BCUT2D eigenvalue weighted by Crippen LogP contribution is -2.65. The zero-order chi connectivity index (χ0) is 18.0. The Labute approximate surface area is 154 Å². The van der Waals surface area contributed by atoms with Crippen LogP contribution in [0.2, 0.25) is 0 Å². The van der Waals surface area contributed by atoms with E-state index in [9.17, 15) is 0 Å². The fraction of sp³-hybridized carbons (Fsp3) is 0.500. The molecule has 4 rings (SSSR count). The van der Waals surface area contributed by atoms with Crippen molar-refractivity contribution in [2.24, 2.45) is 0 Å². The van der Waals surface area contributed by atoms with Crippen molar-refractivity contribution in [1.82, 2.24) is 14.9 Å². The van der Waals surface area contributed by atoms with E-state index in [2.05, 4.69) is 27.0 Å². The highest BCUT2D eigenvalue weighted by Gasteiger charge is 2.48. The molecule has 2 saturated heterocycles. The van der Waals surface area contributed by atoms with E-state index in [0.717, 1.165) is 50.5 Å². The Kier molecular flexibility index (Phi) is 4.78. The van der Waals surface area contributed by atoms with Gasteiger partial charge in [-0.05, 0) is 24.6 Å². The quantitative estimate of drug-likeness (QED) is 0.822. The third-order valence-electron chi connectivity index (χ3n) is 5.03. The molecule has 0 amide bonds. The van der Waals surface area contributed by atoms with E-state index in [1.165, 1.54) is 5.56 Å². The molecule has 0 aliphatic carbocycles. The first-order valence-electron chi connectivity index (χ1n) is 9.09. The smallest absolute Gasteiger partial charge is 0.232 e. The average Bonchev–Trinajstić information content (AvgIpc) is 2.61. The summed E-state index contributed by atoms with van der Waals surface area (Å²) in [5, 5.41) is 0. The van der Waals surface area contributed by atoms with Crippen molar-refractivity contribution in [1.29, 1.82) is 0 Å². The molecule has 6 heteroatoms. The molecule has 2 fully saturated rings. The molecule has 1 atom stereocenters. The highest BCUT2D eigenvalue weighted by Crippen LogP contribution is 2.36. The van der Waals surface area contributed by atoms with Crippen LogP contribution in [0, 0.1) is 6.92 Å². The van der Waals surface area contributed by atoms with Gasteiger partial charge in [-0.15, -0.1) is 0 Å². The number of hydrogen-bond donors (Lipinski definition) is 0. The fourth-order valence-corrected chi connectivity index (χ4v) is 3.88. The molecule has 0 N–H and O–H groups in total. The van der Waals surface area contributed by atoms with Gasteiger partial charge in [0.15, 0.2) is 0 Å². The van der Waals surface area contributed by atoms with E-state index in [4.69, 9.17) is 14.2 Å². The lowest BCUT2D eigenvalue weighted by atomic mass is 9.84. The fourth-order valence-electron chi connectivity index (χ4n) is 3.88. The number of hydrogen-bond acceptors (Lipinski definition) is 6. The van der Waals surface area contributed by atoms with Crippen molar-refractivity contribution < 1.29 is 14.2 Å². The van der Waals surface area contributed by atoms with Crippen LogP contribution >= 0.6 is 0 Å². The molecule has 0 radical (unpaired) electrons. The molecule has 3 heterocycles. The van der Waals surface area contributed by atoms with Crippen LogP contribution in [0.1, 0.15) is 24.1 Å². The topological polar surface area (TPSA) is 56.7 Å². The summed E-state index contributed by atoms with van der Waals surface area (Å²) in [6, 6.07) is 8.24. The van der Waals surface area contributed by atoms with Crippen LogP contribution < -0.4 is 9.47 Å². The summed E-state index contributed by atoms with van der Waals surface area (Å²) in [5.41, 5.74) is 2.05. The number of rotatable bonds is 5. The Morgan fingerprint density at radius 2 is 2.19 bits per heavy atom. The van der Waals surface area contributed by atoms with E-state index in [0.29, 0.717) is 5.88 Å². The van der Waals surface area contributed by atoms with Gasteiger partial charge in [-0.1, -0.05) is 12.1 Å². The van der Waals surface area contributed by atoms with Crippen LogP contribution in [0.25, 0.3) is 0 Å². The van der Waals surface area contributed by atoms with Crippen molar-refractivity contribution in [3.63, 3.8) is 0 Å². The molecule has 1 aromatic carbocycles. The first kappa shape index (κ1) is 17.2. The average molecular weight is 355 g/mol. The SMILES string of the molecule is COc1cccc(CN2CC3(C[C@H](Oc4cncc(C)n4)CCO3)C2)c1.